The van der Waals surface area contributed by atoms with E-state index < -0.39 is 11.6 Å². The molecule has 3 aromatic rings. The summed E-state index contributed by atoms with van der Waals surface area (Å²) >= 11 is 3.56. The van der Waals surface area contributed by atoms with E-state index in [-0.39, 0.29) is 18.6 Å². The van der Waals surface area contributed by atoms with E-state index in [4.69, 9.17) is 9.47 Å². The molecule has 0 atom stereocenters. The molecule has 0 bridgehead atoms. The zero-order valence-corrected chi connectivity index (χ0v) is 22.0. The molecule has 192 valence electrons. The van der Waals surface area contributed by atoms with Crippen LogP contribution in [0, 0.1) is 0 Å². The van der Waals surface area contributed by atoms with Gasteiger partial charge in [0.25, 0.3) is 0 Å². The van der Waals surface area contributed by atoms with Crippen LogP contribution in [0.5, 0.6) is 0 Å². The molecule has 1 N–H and O–H groups in total. The van der Waals surface area contributed by atoms with E-state index in [1.807, 2.05) is 30.3 Å². The molecule has 0 radical (unpaired) electrons. The van der Waals surface area contributed by atoms with Crippen molar-refractivity contribution in [2.24, 2.45) is 0 Å². The molecule has 1 aliphatic carbocycles. The quantitative estimate of drug-likeness (QED) is 0.397. The summed E-state index contributed by atoms with van der Waals surface area (Å²) in [5, 5.41) is 9.27. The average Bonchev–Trinajstić information content (AvgIpc) is 3.21. The maximum Gasteiger partial charge on any atom is 0.409 e. The number of fused-ring (bicyclic) bond motifs is 3. The highest BCUT2D eigenvalue weighted by molar-refractivity contribution is 9.10. The van der Waals surface area contributed by atoms with Gasteiger partial charge in [-0.3, -0.25) is 4.98 Å². The first-order chi connectivity index (χ1) is 18.0. The highest BCUT2D eigenvalue weighted by Crippen LogP contribution is 2.45. The minimum Gasteiger partial charge on any atom is -0.480 e. The molecule has 2 aromatic carbocycles. The average molecular weight is 565 g/mol. The van der Waals surface area contributed by atoms with Gasteiger partial charge in [0.05, 0.1) is 5.60 Å². The Kier molecular flexibility index (Phi) is 7.58. The molecule has 1 fully saturated rings. The number of halogens is 1. The molecule has 1 aromatic heterocycles. The van der Waals surface area contributed by atoms with E-state index in [0.717, 1.165) is 10.0 Å². The predicted octanol–water partition coefficient (Wildman–Crippen LogP) is 5.97. The number of benzene rings is 2. The van der Waals surface area contributed by atoms with Crippen molar-refractivity contribution < 1.29 is 24.2 Å². The summed E-state index contributed by atoms with van der Waals surface area (Å²) < 4.78 is 12.7. The largest absolute Gasteiger partial charge is 0.480 e. The van der Waals surface area contributed by atoms with Crippen LogP contribution in [-0.2, 0) is 19.9 Å². The van der Waals surface area contributed by atoms with Gasteiger partial charge in [0, 0.05) is 41.4 Å². The molecule has 1 amide bonds. The minimum atomic E-state index is -1.01. The number of nitrogens with zero attached hydrogens (tertiary/aromatic N) is 2. The maximum atomic E-state index is 13.1. The number of pyridine rings is 1. The van der Waals surface area contributed by atoms with Crippen LogP contribution < -0.4 is 0 Å². The van der Waals surface area contributed by atoms with Crippen molar-refractivity contribution in [1.82, 2.24) is 9.88 Å². The Labute approximate surface area is 224 Å². The lowest BCUT2D eigenvalue weighted by atomic mass is 9.84. The maximum absolute atomic E-state index is 13.1. The number of aromatic nitrogens is 1. The summed E-state index contributed by atoms with van der Waals surface area (Å²) in [7, 11) is 0. The van der Waals surface area contributed by atoms with E-state index >= 15 is 0 Å². The third-order valence-electron chi connectivity index (χ3n) is 7.35. The van der Waals surface area contributed by atoms with Crippen LogP contribution in [0.1, 0.15) is 48.3 Å². The number of amides is 1. The second-order valence-electron chi connectivity index (χ2n) is 9.53. The number of ether oxygens (including phenoxy) is 2. The lowest BCUT2D eigenvalue weighted by Crippen LogP contribution is -2.40. The van der Waals surface area contributed by atoms with Gasteiger partial charge in [-0.25, -0.2) is 9.59 Å². The number of carboxylic acids is 1. The van der Waals surface area contributed by atoms with Crippen LogP contribution in [0.15, 0.2) is 71.5 Å². The van der Waals surface area contributed by atoms with Crippen LogP contribution in [0.2, 0.25) is 0 Å². The Morgan fingerprint density at radius 2 is 1.62 bits per heavy atom. The van der Waals surface area contributed by atoms with Crippen LogP contribution in [0.25, 0.3) is 11.1 Å². The van der Waals surface area contributed by atoms with E-state index in [1.165, 1.54) is 22.3 Å². The van der Waals surface area contributed by atoms with E-state index in [0.29, 0.717) is 45.4 Å². The third kappa shape index (κ3) is 5.26. The second kappa shape index (κ2) is 11.0. The highest BCUT2D eigenvalue weighted by atomic mass is 79.9. The standard InChI is InChI=1S/C29H29BrN2O5/c30-26-17-31-14-11-25(26)29(37-19-27(33)34)12-5-15-32(16-6-13-29)28(35)36-18-24-22-9-3-1-7-20(22)21-8-2-4-10-23(21)24/h1-4,7-11,14,17,24H,5-6,12-13,15-16,18-19H2,(H,33,34). The number of hydrogen-bond donors (Lipinski definition) is 1. The number of carbonyl (C=O) groups excluding carboxylic acids is 1. The fourth-order valence-corrected chi connectivity index (χ4v) is 6.26. The van der Waals surface area contributed by atoms with Gasteiger partial charge in [-0.05, 0) is 69.9 Å². The fourth-order valence-electron chi connectivity index (χ4n) is 5.65. The van der Waals surface area contributed by atoms with Crippen molar-refractivity contribution in [2.75, 3.05) is 26.3 Å². The molecule has 2 aliphatic rings. The van der Waals surface area contributed by atoms with Gasteiger partial charge in [-0.1, -0.05) is 48.5 Å². The number of likely N-dealkylation sites (tertiary alicyclic amines) is 1. The van der Waals surface area contributed by atoms with Gasteiger partial charge in [0.1, 0.15) is 13.2 Å². The molecule has 1 saturated heterocycles. The van der Waals surface area contributed by atoms with Crippen molar-refractivity contribution >= 4 is 28.0 Å². The van der Waals surface area contributed by atoms with Crippen LogP contribution in [-0.4, -0.2) is 53.4 Å². The SMILES string of the molecule is O=C(O)COC1(c2ccncc2Br)CCCN(C(=O)OCC2c3ccccc3-c3ccccc32)CCC1. The zero-order valence-electron chi connectivity index (χ0n) is 20.4. The summed E-state index contributed by atoms with van der Waals surface area (Å²) in [4.78, 5) is 30.3. The van der Waals surface area contributed by atoms with Crippen LogP contribution in [0.3, 0.4) is 0 Å². The highest BCUT2D eigenvalue weighted by Gasteiger charge is 2.37. The number of carbonyl (C=O) groups is 2. The Bertz CT molecular complexity index is 1240. The summed E-state index contributed by atoms with van der Waals surface area (Å²) in [5.74, 6) is -0.987. The molecule has 7 nitrogen and oxygen atoms in total. The molecule has 5 rings (SSSR count). The molecule has 0 unspecified atom stereocenters. The van der Waals surface area contributed by atoms with Gasteiger partial charge in [0.2, 0.25) is 0 Å². The predicted molar refractivity (Wildman–Crippen MR) is 142 cm³/mol. The van der Waals surface area contributed by atoms with Gasteiger partial charge in [0.15, 0.2) is 0 Å². The van der Waals surface area contributed by atoms with E-state index in [9.17, 15) is 14.7 Å². The smallest absolute Gasteiger partial charge is 0.409 e. The molecular weight excluding hydrogens is 536 g/mol. The Balaban J connectivity index is 1.25. The number of aliphatic carboxylic acids is 1. The number of rotatable bonds is 6. The molecule has 8 heteroatoms. The molecule has 37 heavy (non-hydrogen) atoms. The van der Waals surface area contributed by atoms with Crippen molar-refractivity contribution in [3.05, 3.63) is 88.2 Å². The molecule has 2 heterocycles. The van der Waals surface area contributed by atoms with Crippen molar-refractivity contribution in [3.63, 3.8) is 0 Å². The Morgan fingerprint density at radius 3 is 2.22 bits per heavy atom. The summed E-state index contributed by atoms with van der Waals surface area (Å²) in [6.07, 6.45) is 5.53. The lowest BCUT2D eigenvalue weighted by molar-refractivity contribution is -0.152. The Hall–Kier alpha value is -3.23. The molecular formula is C29H29BrN2O5. The monoisotopic (exact) mass is 564 g/mol. The van der Waals surface area contributed by atoms with Crippen molar-refractivity contribution in [2.45, 2.75) is 37.2 Å². The fraction of sp³-hybridized carbons (Fsp3) is 0.345. The lowest BCUT2D eigenvalue weighted by Gasteiger charge is -2.38. The summed E-state index contributed by atoms with van der Waals surface area (Å²) in [5.41, 5.74) is 4.90. The van der Waals surface area contributed by atoms with E-state index in [1.54, 1.807) is 17.3 Å². The zero-order chi connectivity index (χ0) is 25.8. The minimum absolute atomic E-state index is 0.0206. The Morgan fingerprint density at radius 1 is 1.00 bits per heavy atom. The summed E-state index contributed by atoms with van der Waals surface area (Å²) in [6.45, 7) is 0.930. The van der Waals surface area contributed by atoms with E-state index in [2.05, 4.69) is 45.2 Å². The van der Waals surface area contributed by atoms with Gasteiger partial charge in [-0.15, -0.1) is 0 Å². The first-order valence-corrected chi connectivity index (χ1v) is 13.3. The normalized spacial score (nSPS) is 16.8. The molecule has 0 spiro atoms. The first kappa shape index (κ1) is 25.4. The molecule has 1 aliphatic heterocycles. The van der Waals surface area contributed by atoms with Gasteiger partial charge in [-0.2, -0.15) is 0 Å². The van der Waals surface area contributed by atoms with Gasteiger partial charge >= 0.3 is 12.1 Å². The van der Waals surface area contributed by atoms with Gasteiger partial charge < -0.3 is 19.5 Å². The van der Waals surface area contributed by atoms with Crippen LogP contribution in [0.4, 0.5) is 4.79 Å². The topological polar surface area (TPSA) is 89.0 Å². The number of hydrogen-bond acceptors (Lipinski definition) is 5. The third-order valence-corrected chi connectivity index (χ3v) is 7.98. The summed E-state index contributed by atoms with van der Waals surface area (Å²) in [6, 6.07) is 18.5. The molecule has 0 saturated carbocycles. The number of carboxylic acid groups (broad SMARTS) is 1. The van der Waals surface area contributed by atoms with Crippen molar-refractivity contribution in [1.29, 1.82) is 0 Å². The van der Waals surface area contributed by atoms with Crippen molar-refractivity contribution in [3.8, 4) is 11.1 Å². The first-order valence-electron chi connectivity index (χ1n) is 12.5. The second-order valence-corrected chi connectivity index (χ2v) is 10.4. The van der Waals surface area contributed by atoms with Crippen LogP contribution >= 0.6 is 15.9 Å².